The molecule has 19 heavy (non-hydrogen) atoms. The summed E-state index contributed by atoms with van der Waals surface area (Å²) in [6.45, 7) is 1.05. The molecule has 0 radical (unpaired) electrons. The Kier molecular flexibility index (Phi) is 4.52. The molecule has 0 unspecified atom stereocenters. The third-order valence-electron chi connectivity index (χ3n) is 3.11. The van der Waals surface area contributed by atoms with Crippen molar-refractivity contribution in [2.75, 3.05) is 20.3 Å². The maximum atomic E-state index is 12.2. The lowest BCUT2D eigenvalue weighted by molar-refractivity contribution is -0.145. The van der Waals surface area contributed by atoms with Crippen molar-refractivity contribution in [1.29, 1.82) is 0 Å². The van der Waals surface area contributed by atoms with Crippen LogP contribution in [0.2, 0.25) is 0 Å². The van der Waals surface area contributed by atoms with Crippen molar-refractivity contribution in [1.82, 2.24) is 10.2 Å². The van der Waals surface area contributed by atoms with Crippen molar-refractivity contribution in [2.45, 2.75) is 19.0 Å². The summed E-state index contributed by atoms with van der Waals surface area (Å²) in [4.78, 5) is 25.5. The fraction of sp³-hybridized carbons (Fsp3) is 0.429. The molecule has 102 valence electrons. The van der Waals surface area contributed by atoms with E-state index < -0.39 is 6.04 Å². The summed E-state index contributed by atoms with van der Waals surface area (Å²) in [7, 11) is 1.58. The molecule has 1 aliphatic rings. The fourth-order valence-corrected chi connectivity index (χ4v) is 2.14. The number of nitrogens with one attached hydrogen (secondary N) is 1. The smallest absolute Gasteiger partial charge is 0.246 e. The molecule has 1 aliphatic heterocycles. The van der Waals surface area contributed by atoms with Gasteiger partial charge in [0.1, 0.15) is 6.04 Å². The molecule has 1 aromatic carbocycles. The number of nitrogens with zero attached hydrogens (tertiary/aromatic N) is 1. The number of benzene rings is 1. The highest BCUT2D eigenvalue weighted by Crippen LogP contribution is 2.11. The van der Waals surface area contributed by atoms with E-state index in [4.69, 9.17) is 4.74 Å². The summed E-state index contributed by atoms with van der Waals surface area (Å²) in [5, 5.41) is 2.71. The van der Waals surface area contributed by atoms with Crippen LogP contribution in [-0.2, 0) is 20.9 Å². The zero-order valence-corrected chi connectivity index (χ0v) is 11.0. The van der Waals surface area contributed by atoms with Crippen molar-refractivity contribution < 1.29 is 14.3 Å². The second-order valence-electron chi connectivity index (χ2n) is 4.58. The Bertz CT molecular complexity index is 447. The second kappa shape index (κ2) is 6.33. The lowest BCUT2D eigenvalue weighted by Gasteiger charge is -2.32. The number of hydrogen-bond acceptors (Lipinski definition) is 3. The van der Waals surface area contributed by atoms with Gasteiger partial charge in [-0.05, 0) is 12.0 Å². The SMILES string of the molecule is COCC[C@@H]1NC(=O)CN(Cc2ccccc2)C1=O. The Labute approximate surface area is 112 Å². The Balaban J connectivity index is 2.03. The van der Waals surface area contributed by atoms with Crippen molar-refractivity contribution >= 4 is 11.8 Å². The van der Waals surface area contributed by atoms with E-state index >= 15 is 0 Å². The maximum Gasteiger partial charge on any atom is 0.246 e. The topological polar surface area (TPSA) is 58.6 Å². The molecule has 1 saturated heterocycles. The van der Waals surface area contributed by atoms with Crippen LogP contribution in [0.15, 0.2) is 30.3 Å². The van der Waals surface area contributed by atoms with E-state index in [2.05, 4.69) is 5.32 Å². The predicted molar refractivity (Wildman–Crippen MR) is 70.3 cm³/mol. The Hall–Kier alpha value is -1.88. The van der Waals surface area contributed by atoms with Crippen molar-refractivity contribution in [3.63, 3.8) is 0 Å². The number of hydrogen-bond donors (Lipinski definition) is 1. The van der Waals surface area contributed by atoms with Crippen LogP contribution in [0, 0.1) is 0 Å². The molecule has 1 heterocycles. The molecule has 0 saturated carbocycles. The second-order valence-corrected chi connectivity index (χ2v) is 4.58. The lowest BCUT2D eigenvalue weighted by atomic mass is 10.1. The molecule has 2 amide bonds. The molecule has 0 bridgehead atoms. The summed E-state index contributed by atoms with van der Waals surface area (Å²) in [6, 6.07) is 9.20. The summed E-state index contributed by atoms with van der Waals surface area (Å²) in [5.41, 5.74) is 1.02. The number of carbonyl (C=O) groups excluding carboxylic acids is 2. The van der Waals surface area contributed by atoms with Gasteiger partial charge in [-0.1, -0.05) is 30.3 Å². The zero-order chi connectivity index (χ0) is 13.7. The first-order chi connectivity index (χ1) is 9.20. The number of rotatable bonds is 5. The molecule has 0 spiro atoms. The van der Waals surface area contributed by atoms with Crippen LogP contribution in [0.25, 0.3) is 0 Å². The fourth-order valence-electron chi connectivity index (χ4n) is 2.14. The molecule has 1 aromatic rings. The van der Waals surface area contributed by atoms with Gasteiger partial charge in [0.25, 0.3) is 0 Å². The third kappa shape index (κ3) is 3.54. The van der Waals surface area contributed by atoms with Crippen LogP contribution in [-0.4, -0.2) is 43.0 Å². The van der Waals surface area contributed by atoms with Gasteiger partial charge >= 0.3 is 0 Å². The molecular formula is C14H18N2O3. The molecule has 2 rings (SSSR count). The van der Waals surface area contributed by atoms with Gasteiger partial charge in [0.15, 0.2) is 0 Å². The van der Waals surface area contributed by atoms with Gasteiger partial charge in [-0.25, -0.2) is 0 Å². The highest BCUT2D eigenvalue weighted by molar-refractivity contribution is 5.94. The van der Waals surface area contributed by atoms with Crippen LogP contribution in [0.5, 0.6) is 0 Å². The van der Waals surface area contributed by atoms with E-state index in [1.165, 1.54) is 0 Å². The molecule has 0 aromatic heterocycles. The van der Waals surface area contributed by atoms with Crippen LogP contribution >= 0.6 is 0 Å². The molecule has 1 atom stereocenters. The van der Waals surface area contributed by atoms with E-state index in [1.807, 2.05) is 30.3 Å². The molecule has 1 fully saturated rings. The monoisotopic (exact) mass is 262 g/mol. The molecule has 1 N–H and O–H groups in total. The minimum atomic E-state index is -0.468. The summed E-state index contributed by atoms with van der Waals surface area (Å²) in [6.07, 6.45) is 0.506. The third-order valence-corrected chi connectivity index (χ3v) is 3.11. The molecule has 0 aliphatic carbocycles. The Morgan fingerprint density at radius 1 is 1.32 bits per heavy atom. The first-order valence-corrected chi connectivity index (χ1v) is 6.31. The zero-order valence-electron chi connectivity index (χ0n) is 11.0. The van der Waals surface area contributed by atoms with Crippen LogP contribution in [0.3, 0.4) is 0 Å². The molecular weight excluding hydrogens is 244 g/mol. The van der Waals surface area contributed by atoms with Gasteiger partial charge in [-0.15, -0.1) is 0 Å². The highest BCUT2D eigenvalue weighted by atomic mass is 16.5. The van der Waals surface area contributed by atoms with Crippen molar-refractivity contribution in [3.05, 3.63) is 35.9 Å². The largest absolute Gasteiger partial charge is 0.385 e. The minimum absolute atomic E-state index is 0.0412. The van der Waals surface area contributed by atoms with Gasteiger partial charge in [0, 0.05) is 20.3 Å². The van der Waals surface area contributed by atoms with Gasteiger partial charge in [0.2, 0.25) is 11.8 Å². The van der Waals surface area contributed by atoms with Gasteiger partial charge < -0.3 is 15.0 Å². The van der Waals surface area contributed by atoms with Crippen molar-refractivity contribution in [2.24, 2.45) is 0 Å². The molecule has 5 nitrogen and oxygen atoms in total. The quantitative estimate of drug-likeness (QED) is 0.843. The number of methoxy groups -OCH3 is 1. The first-order valence-electron chi connectivity index (χ1n) is 6.31. The average molecular weight is 262 g/mol. The van der Waals surface area contributed by atoms with Gasteiger partial charge in [-0.3, -0.25) is 9.59 Å². The Morgan fingerprint density at radius 3 is 2.74 bits per heavy atom. The summed E-state index contributed by atoms with van der Waals surface area (Å²) < 4.78 is 4.96. The van der Waals surface area contributed by atoms with E-state index in [0.717, 1.165) is 5.56 Å². The minimum Gasteiger partial charge on any atom is -0.385 e. The lowest BCUT2D eigenvalue weighted by Crippen LogP contribution is -2.57. The normalized spacial score (nSPS) is 19.4. The first kappa shape index (κ1) is 13.5. The maximum absolute atomic E-state index is 12.2. The van der Waals surface area contributed by atoms with E-state index in [-0.39, 0.29) is 18.4 Å². The average Bonchev–Trinajstić information content (AvgIpc) is 2.42. The van der Waals surface area contributed by atoms with Gasteiger partial charge in [0.05, 0.1) is 6.54 Å². The number of amides is 2. The number of piperazine rings is 1. The standard InChI is InChI=1S/C14H18N2O3/c1-19-8-7-12-14(18)16(10-13(17)15-12)9-11-5-3-2-4-6-11/h2-6,12H,7-10H2,1H3,(H,15,17)/t12-/m0/s1. The number of ether oxygens (including phenoxy) is 1. The van der Waals surface area contributed by atoms with Gasteiger partial charge in [-0.2, -0.15) is 0 Å². The highest BCUT2D eigenvalue weighted by Gasteiger charge is 2.32. The van der Waals surface area contributed by atoms with Crippen LogP contribution < -0.4 is 5.32 Å². The summed E-state index contributed by atoms with van der Waals surface area (Å²) in [5.74, 6) is -0.155. The van der Waals surface area contributed by atoms with Crippen LogP contribution in [0.1, 0.15) is 12.0 Å². The molecule has 5 heteroatoms. The van der Waals surface area contributed by atoms with E-state index in [0.29, 0.717) is 19.6 Å². The Morgan fingerprint density at radius 2 is 2.05 bits per heavy atom. The predicted octanol–water partition coefficient (Wildman–Crippen LogP) is 0.550. The number of carbonyl (C=O) groups is 2. The van der Waals surface area contributed by atoms with E-state index in [9.17, 15) is 9.59 Å². The van der Waals surface area contributed by atoms with E-state index in [1.54, 1.807) is 12.0 Å². The van der Waals surface area contributed by atoms with Crippen LogP contribution in [0.4, 0.5) is 0 Å². The summed E-state index contributed by atoms with van der Waals surface area (Å²) >= 11 is 0. The van der Waals surface area contributed by atoms with Crippen molar-refractivity contribution in [3.8, 4) is 0 Å².